The van der Waals surface area contributed by atoms with Crippen molar-refractivity contribution in [3.8, 4) is 0 Å². The van der Waals surface area contributed by atoms with Crippen LogP contribution in [0.5, 0.6) is 0 Å². The number of halogens is 1. The molecule has 3 N–H and O–H groups in total. The Morgan fingerprint density at radius 1 is 1.47 bits per heavy atom. The van der Waals surface area contributed by atoms with Gasteiger partial charge < -0.3 is 15.6 Å². The zero-order valence-corrected chi connectivity index (χ0v) is 11.0. The fourth-order valence-electron chi connectivity index (χ4n) is 2.35. The first kappa shape index (κ1) is 14.4. The Balaban J connectivity index is 1.83. The molecule has 19 heavy (non-hydrogen) atoms. The molecule has 0 amide bonds. The number of aliphatic hydroxyl groups is 1. The van der Waals surface area contributed by atoms with Crippen LogP contribution in [0.15, 0.2) is 24.3 Å². The van der Waals surface area contributed by atoms with Crippen LogP contribution < -0.4 is 5.73 Å². The highest BCUT2D eigenvalue weighted by atomic mass is 19.1. The Labute approximate surface area is 113 Å². The van der Waals surface area contributed by atoms with Gasteiger partial charge in [0.05, 0.1) is 19.3 Å². The number of hydrogen-bond donors (Lipinski definition) is 2. The molecule has 0 saturated carbocycles. The minimum atomic E-state index is -0.295. The Kier molecular flexibility index (Phi) is 5.27. The number of nitrogens with zero attached hydrogens (tertiary/aromatic N) is 1. The quantitative estimate of drug-likeness (QED) is 0.833. The third-order valence-electron chi connectivity index (χ3n) is 3.49. The van der Waals surface area contributed by atoms with Gasteiger partial charge in [0.25, 0.3) is 0 Å². The van der Waals surface area contributed by atoms with Crippen LogP contribution in [0.3, 0.4) is 0 Å². The summed E-state index contributed by atoms with van der Waals surface area (Å²) < 4.78 is 19.0. The lowest BCUT2D eigenvalue weighted by molar-refractivity contribution is -0.0531. The number of aliphatic hydroxyl groups excluding tert-OH is 1. The lowest BCUT2D eigenvalue weighted by Crippen LogP contribution is -2.44. The molecule has 1 heterocycles. The maximum Gasteiger partial charge on any atom is 0.127 e. The number of morpholine rings is 1. The summed E-state index contributed by atoms with van der Waals surface area (Å²) >= 11 is 0. The average Bonchev–Trinajstić information content (AvgIpc) is 2.45. The molecule has 5 heteroatoms. The van der Waals surface area contributed by atoms with E-state index in [1.165, 1.54) is 6.07 Å². The fourth-order valence-corrected chi connectivity index (χ4v) is 2.35. The minimum absolute atomic E-state index is 0.0376. The largest absolute Gasteiger partial charge is 0.394 e. The van der Waals surface area contributed by atoms with Gasteiger partial charge in [0.1, 0.15) is 5.82 Å². The van der Waals surface area contributed by atoms with Crippen molar-refractivity contribution >= 4 is 0 Å². The highest BCUT2D eigenvalue weighted by Gasteiger charge is 2.20. The molecule has 2 unspecified atom stereocenters. The average molecular weight is 268 g/mol. The van der Waals surface area contributed by atoms with E-state index in [1.807, 2.05) is 0 Å². The van der Waals surface area contributed by atoms with Crippen molar-refractivity contribution in [2.45, 2.75) is 18.6 Å². The molecular weight excluding hydrogens is 247 g/mol. The molecule has 106 valence electrons. The van der Waals surface area contributed by atoms with E-state index in [0.29, 0.717) is 25.1 Å². The van der Waals surface area contributed by atoms with Crippen LogP contribution in [0, 0.1) is 5.82 Å². The van der Waals surface area contributed by atoms with E-state index in [4.69, 9.17) is 15.6 Å². The number of hydrogen-bond acceptors (Lipinski definition) is 4. The SMILES string of the molecule is NC(CCN1CCOC(CO)C1)c1ccccc1F. The van der Waals surface area contributed by atoms with Crippen molar-refractivity contribution in [2.24, 2.45) is 5.73 Å². The summed E-state index contributed by atoms with van der Waals surface area (Å²) in [5, 5.41) is 9.07. The van der Waals surface area contributed by atoms with E-state index in [-0.39, 0.29) is 24.6 Å². The van der Waals surface area contributed by atoms with Crippen LogP contribution in [0.25, 0.3) is 0 Å². The van der Waals surface area contributed by atoms with Crippen LogP contribution in [0.2, 0.25) is 0 Å². The number of ether oxygens (including phenoxy) is 1. The summed E-state index contributed by atoms with van der Waals surface area (Å²) in [7, 11) is 0. The van der Waals surface area contributed by atoms with Crippen molar-refractivity contribution in [3.63, 3.8) is 0 Å². The maximum absolute atomic E-state index is 13.6. The minimum Gasteiger partial charge on any atom is -0.394 e. The van der Waals surface area contributed by atoms with Crippen molar-refractivity contribution < 1.29 is 14.2 Å². The van der Waals surface area contributed by atoms with Gasteiger partial charge in [0.15, 0.2) is 0 Å². The van der Waals surface area contributed by atoms with Gasteiger partial charge in [-0.05, 0) is 12.5 Å². The lowest BCUT2D eigenvalue weighted by atomic mass is 10.0. The predicted molar refractivity (Wildman–Crippen MR) is 71.2 cm³/mol. The van der Waals surface area contributed by atoms with Gasteiger partial charge in [-0.2, -0.15) is 0 Å². The van der Waals surface area contributed by atoms with Crippen LogP contribution in [-0.2, 0) is 4.74 Å². The summed E-state index contributed by atoms with van der Waals surface area (Å²) in [6.45, 7) is 2.99. The number of nitrogens with two attached hydrogens (primary N) is 1. The van der Waals surface area contributed by atoms with Gasteiger partial charge in [0, 0.05) is 31.2 Å². The smallest absolute Gasteiger partial charge is 0.127 e. The topological polar surface area (TPSA) is 58.7 Å². The Hall–Kier alpha value is -1.01. The first-order valence-corrected chi connectivity index (χ1v) is 6.65. The molecule has 1 aliphatic rings. The third kappa shape index (κ3) is 3.98. The second-order valence-electron chi connectivity index (χ2n) is 4.89. The Morgan fingerprint density at radius 2 is 2.26 bits per heavy atom. The van der Waals surface area contributed by atoms with Gasteiger partial charge in [-0.15, -0.1) is 0 Å². The molecule has 1 aromatic carbocycles. The van der Waals surface area contributed by atoms with Crippen molar-refractivity contribution in [2.75, 3.05) is 32.8 Å². The van der Waals surface area contributed by atoms with Gasteiger partial charge in [0.2, 0.25) is 0 Å². The second-order valence-corrected chi connectivity index (χ2v) is 4.89. The maximum atomic E-state index is 13.6. The first-order valence-electron chi connectivity index (χ1n) is 6.65. The van der Waals surface area contributed by atoms with Gasteiger partial charge in [-0.1, -0.05) is 18.2 Å². The highest BCUT2D eigenvalue weighted by molar-refractivity contribution is 5.20. The van der Waals surface area contributed by atoms with Gasteiger partial charge >= 0.3 is 0 Å². The summed E-state index contributed by atoms with van der Waals surface area (Å²) in [6, 6.07) is 6.34. The molecule has 1 aromatic rings. The van der Waals surface area contributed by atoms with E-state index < -0.39 is 0 Å². The standard InChI is InChI=1S/C14H21FN2O2/c15-13-4-2-1-3-12(13)14(16)5-6-17-7-8-19-11(9-17)10-18/h1-4,11,14,18H,5-10,16H2. The molecule has 2 rings (SSSR count). The van der Waals surface area contributed by atoms with E-state index in [0.717, 1.165) is 13.1 Å². The van der Waals surface area contributed by atoms with Crippen molar-refractivity contribution in [1.82, 2.24) is 4.90 Å². The van der Waals surface area contributed by atoms with Crippen LogP contribution in [0.4, 0.5) is 4.39 Å². The van der Waals surface area contributed by atoms with Crippen molar-refractivity contribution in [3.05, 3.63) is 35.6 Å². The molecule has 0 aliphatic carbocycles. The zero-order chi connectivity index (χ0) is 13.7. The molecule has 0 radical (unpaired) electrons. The molecule has 1 aliphatic heterocycles. The number of benzene rings is 1. The Morgan fingerprint density at radius 3 is 3.00 bits per heavy atom. The second kappa shape index (κ2) is 6.96. The summed E-state index contributed by atoms with van der Waals surface area (Å²) in [5.74, 6) is -0.245. The van der Waals surface area contributed by atoms with E-state index in [1.54, 1.807) is 18.2 Å². The highest BCUT2D eigenvalue weighted by Crippen LogP contribution is 2.18. The van der Waals surface area contributed by atoms with Gasteiger partial charge in [-0.3, -0.25) is 4.90 Å². The molecule has 4 nitrogen and oxygen atoms in total. The number of rotatable bonds is 5. The Bertz CT molecular complexity index is 403. The molecule has 0 bridgehead atoms. The summed E-state index contributed by atoms with van der Waals surface area (Å²) in [6.07, 6.45) is 0.581. The molecule has 0 aromatic heterocycles. The third-order valence-corrected chi connectivity index (χ3v) is 3.49. The lowest BCUT2D eigenvalue weighted by Gasteiger charge is -2.32. The summed E-state index contributed by atoms with van der Waals surface area (Å²) in [5.41, 5.74) is 6.60. The van der Waals surface area contributed by atoms with E-state index in [9.17, 15) is 4.39 Å². The summed E-state index contributed by atoms with van der Waals surface area (Å²) in [4.78, 5) is 2.20. The fraction of sp³-hybridized carbons (Fsp3) is 0.571. The molecular formula is C14H21FN2O2. The molecule has 2 atom stereocenters. The van der Waals surface area contributed by atoms with Crippen molar-refractivity contribution in [1.29, 1.82) is 0 Å². The molecule has 0 spiro atoms. The zero-order valence-electron chi connectivity index (χ0n) is 11.0. The molecule has 1 saturated heterocycles. The predicted octanol–water partition coefficient (Wildman–Crippen LogP) is 0.909. The van der Waals surface area contributed by atoms with Crippen LogP contribution >= 0.6 is 0 Å². The normalized spacial score (nSPS) is 22.4. The van der Waals surface area contributed by atoms with Crippen LogP contribution in [-0.4, -0.2) is 49.0 Å². The van der Waals surface area contributed by atoms with Crippen LogP contribution in [0.1, 0.15) is 18.0 Å². The van der Waals surface area contributed by atoms with E-state index in [2.05, 4.69) is 4.90 Å². The monoisotopic (exact) mass is 268 g/mol. The molecule has 1 fully saturated rings. The van der Waals surface area contributed by atoms with Gasteiger partial charge in [-0.25, -0.2) is 4.39 Å². The van der Waals surface area contributed by atoms with E-state index >= 15 is 0 Å². The first-order chi connectivity index (χ1) is 9.20.